The van der Waals surface area contributed by atoms with Gasteiger partial charge < -0.3 is 10.8 Å². The second-order valence-electron chi connectivity index (χ2n) is 10.0. The van der Waals surface area contributed by atoms with Crippen LogP contribution in [0.2, 0.25) is 10.0 Å². The number of halogens is 2. The Morgan fingerprint density at radius 1 is 0.776 bits per heavy atom. The van der Waals surface area contributed by atoms with E-state index in [2.05, 4.69) is 25.5 Å². The molecule has 0 unspecified atom stereocenters. The topological polar surface area (TPSA) is 188 Å². The van der Waals surface area contributed by atoms with Crippen molar-refractivity contribution >= 4 is 68.0 Å². The van der Waals surface area contributed by atoms with Crippen LogP contribution in [0.4, 0.5) is 10.3 Å². The predicted molar refractivity (Wildman–Crippen MR) is 191 cm³/mol. The molecule has 0 fully saturated rings. The average molecular weight is 740 g/mol. The number of hydrogen-bond acceptors (Lipinski definition) is 11. The highest BCUT2D eigenvalue weighted by Gasteiger charge is 2.12. The van der Waals surface area contributed by atoms with Crippen molar-refractivity contribution in [3.63, 3.8) is 0 Å². The van der Waals surface area contributed by atoms with Crippen LogP contribution in [-0.2, 0) is 26.9 Å². The summed E-state index contributed by atoms with van der Waals surface area (Å²) in [6.45, 7) is 0. The molecule has 13 nitrogen and oxygen atoms in total. The van der Waals surface area contributed by atoms with E-state index in [1.54, 1.807) is 12.4 Å². The molecule has 0 aliphatic carbocycles. The van der Waals surface area contributed by atoms with Crippen LogP contribution in [0.15, 0.2) is 94.8 Å². The van der Waals surface area contributed by atoms with E-state index in [0.717, 1.165) is 42.2 Å². The van der Waals surface area contributed by atoms with E-state index in [9.17, 15) is 19.2 Å². The van der Waals surface area contributed by atoms with E-state index in [0.29, 0.717) is 21.7 Å². The van der Waals surface area contributed by atoms with Gasteiger partial charge in [0.25, 0.3) is 17.0 Å². The molecule has 4 aromatic heterocycles. The smallest absolute Gasteiger partial charge is 0.356 e. The molecule has 6 rings (SSSR count). The first-order valence-electron chi connectivity index (χ1n) is 14.1. The maximum atomic E-state index is 12.2. The van der Waals surface area contributed by atoms with E-state index < -0.39 is 11.9 Å². The van der Waals surface area contributed by atoms with Crippen LogP contribution in [0.25, 0.3) is 0 Å². The minimum atomic E-state index is -1.14. The molecule has 17 heteroatoms. The third-order valence-corrected chi connectivity index (χ3v) is 8.46. The lowest BCUT2D eigenvalue weighted by atomic mass is 10.1. The SMILES string of the molecule is Cn1nc(C(=O)Nc2ncc(Cc3cccc(Cl)c3)s2)ccc1=O.Cn1nc(C(=O)O)ccc1=O.Nc1ncc(Cc2cccc(Cl)c2)s1. The number of nitrogen functional groups attached to an aromatic ring is 1. The first-order chi connectivity index (χ1) is 23.4. The maximum absolute atomic E-state index is 12.2. The lowest BCUT2D eigenvalue weighted by Gasteiger charge is -2.02. The molecule has 1 amide bonds. The summed E-state index contributed by atoms with van der Waals surface area (Å²) in [5.74, 6) is -1.55. The summed E-state index contributed by atoms with van der Waals surface area (Å²) in [4.78, 5) is 54.8. The number of carboxylic acid groups (broad SMARTS) is 1. The number of carbonyl (C=O) groups excluding carboxylic acids is 1. The fraction of sp³-hybridized carbons (Fsp3) is 0.125. The first kappa shape index (κ1) is 36.6. The van der Waals surface area contributed by atoms with Crippen molar-refractivity contribution in [1.82, 2.24) is 29.5 Å². The van der Waals surface area contributed by atoms with Gasteiger partial charge in [-0.1, -0.05) is 47.5 Å². The number of thiazole rings is 2. The molecule has 0 saturated heterocycles. The molecule has 0 atom stereocenters. The number of nitrogens with two attached hydrogens (primary N) is 1. The van der Waals surface area contributed by atoms with Crippen molar-refractivity contribution in [2.75, 3.05) is 11.1 Å². The normalized spacial score (nSPS) is 10.3. The molecule has 2 aromatic carbocycles. The van der Waals surface area contributed by atoms with E-state index in [1.807, 2.05) is 48.5 Å². The zero-order valence-corrected chi connectivity index (χ0v) is 29.1. The number of amides is 1. The molecule has 252 valence electrons. The van der Waals surface area contributed by atoms with Gasteiger partial charge in [0.15, 0.2) is 16.0 Å². The summed E-state index contributed by atoms with van der Waals surface area (Å²) >= 11 is 14.7. The molecule has 0 aliphatic heterocycles. The van der Waals surface area contributed by atoms with Gasteiger partial charge in [-0.05, 0) is 47.5 Å². The number of aryl methyl sites for hydroxylation is 2. The fourth-order valence-electron chi connectivity index (χ4n) is 3.95. The molecular formula is C32H28Cl2N8O5S2. The zero-order valence-electron chi connectivity index (χ0n) is 25.9. The van der Waals surface area contributed by atoms with Gasteiger partial charge in [0.1, 0.15) is 5.69 Å². The Labute approximate surface area is 297 Å². The molecule has 0 radical (unpaired) electrons. The number of aromatic nitrogens is 6. The highest BCUT2D eigenvalue weighted by Crippen LogP contribution is 2.23. The van der Waals surface area contributed by atoms with Crippen LogP contribution < -0.4 is 22.2 Å². The van der Waals surface area contributed by atoms with E-state index in [4.69, 9.17) is 34.0 Å². The Bertz CT molecular complexity index is 2200. The number of nitrogens with zero attached hydrogens (tertiary/aromatic N) is 6. The number of aromatic carboxylic acids is 1. The van der Waals surface area contributed by atoms with Crippen LogP contribution in [0.5, 0.6) is 0 Å². The second-order valence-corrected chi connectivity index (χ2v) is 13.2. The molecule has 0 saturated carbocycles. The largest absolute Gasteiger partial charge is 0.476 e. The lowest BCUT2D eigenvalue weighted by molar-refractivity contribution is 0.0687. The van der Waals surface area contributed by atoms with E-state index >= 15 is 0 Å². The quantitative estimate of drug-likeness (QED) is 0.197. The van der Waals surface area contributed by atoms with Crippen molar-refractivity contribution in [3.8, 4) is 0 Å². The van der Waals surface area contributed by atoms with Crippen molar-refractivity contribution in [2.45, 2.75) is 12.8 Å². The molecule has 4 N–H and O–H groups in total. The van der Waals surface area contributed by atoms with Crippen molar-refractivity contribution < 1.29 is 14.7 Å². The monoisotopic (exact) mass is 738 g/mol. The molecule has 0 aliphatic rings. The van der Waals surface area contributed by atoms with Gasteiger partial charge in [0.05, 0.1) is 0 Å². The summed E-state index contributed by atoms with van der Waals surface area (Å²) in [5.41, 5.74) is 7.22. The van der Waals surface area contributed by atoms with Gasteiger partial charge in [-0.15, -0.1) is 22.7 Å². The number of hydrogen-bond donors (Lipinski definition) is 3. The van der Waals surface area contributed by atoms with Crippen LogP contribution in [-0.4, -0.2) is 46.5 Å². The standard InChI is InChI=1S/C16H13ClN4O2S.C10H9ClN2S.C6H6N2O3/c1-21-14(22)6-5-13(20-21)15(23)19-16-18-9-12(24-16)8-10-3-2-4-11(17)7-10;11-8-3-1-2-7(4-8)5-9-6-13-10(12)14-9;1-8-5(9)3-2-4(7-8)6(10)11/h2-7,9H,8H2,1H3,(H,18,19,23);1-4,6H,5H2,(H2,12,13);2-3H,1H3,(H,10,11). The Morgan fingerprint density at radius 3 is 1.78 bits per heavy atom. The molecule has 0 bridgehead atoms. The van der Waals surface area contributed by atoms with Crippen LogP contribution in [0.1, 0.15) is 41.9 Å². The number of nitrogens with one attached hydrogen (secondary N) is 1. The van der Waals surface area contributed by atoms with Gasteiger partial charge >= 0.3 is 5.97 Å². The maximum Gasteiger partial charge on any atom is 0.356 e. The van der Waals surface area contributed by atoms with Gasteiger partial charge in [-0.25, -0.2) is 24.1 Å². The summed E-state index contributed by atoms with van der Waals surface area (Å²) in [7, 11) is 2.89. The van der Waals surface area contributed by atoms with Crippen molar-refractivity contribution in [2.24, 2.45) is 14.1 Å². The number of carboxylic acids is 1. The summed E-state index contributed by atoms with van der Waals surface area (Å²) in [5, 5.41) is 21.0. The van der Waals surface area contributed by atoms with Gasteiger partial charge in [0, 0.05) is 71.3 Å². The molecule has 0 spiro atoms. The third kappa shape index (κ3) is 11.5. The van der Waals surface area contributed by atoms with E-state index in [1.165, 1.54) is 60.5 Å². The first-order valence-corrected chi connectivity index (χ1v) is 16.5. The molecule has 6 aromatic rings. The summed E-state index contributed by atoms with van der Waals surface area (Å²) in [6, 6.07) is 20.4. The Morgan fingerprint density at radius 2 is 1.29 bits per heavy atom. The van der Waals surface area contributed by atoms with Crippen molar-refractivity contribution in [3.05, 3.63) is 148 Å². The van der Waals surface area contributed by atoms with Crippen molar-refractivity contribution in [1.29, 1.82) is 0 Å². The van der Waals surface area contributed by atoms with Crippen LogP contribution >= 0.6 is 45.9 Å². The third-order valence-electron chi connectivity index (χ3n) is 6.25. The Kier molecular flexibility index (Phi) is 12.9. The Balaban J connectivity index is 0.000000183. The number of anilines is 2. The van der Waals surface area contributed by atoms with Crippen LogP contribution in [0.3, 0.4) is 0 Å². The summed E-state index contributed by atoms with van der Waals surface area (Å²) in [6.07, 6.45) is 5.05. The number of benzene rings is 2. The Hall–Kier alpha value is -5.22. The van der Waals surface area contributed by atoms with Crippen LogP contribution in [0, 0.1) is 0 Å². The minimum absolute atomic E-state index is 0.132. The molecule has 4 heterocycles. The minimum Gasteiger partial charge on any atom is -0.476 e. The number of carbonyl (C=O) groups is 2. The van der Waals surface area contributed by atoms with Gasteiger partial charge in [-0.3, -0.25) is 19.7 Å². The second kappa shape index (κ2) is 17.3. The van der Waals surface area contributed by atoms with E-state index in [-0.39, 0.29) is 22.5 Å². The average Bonchev–Trinajstić information content (AvgIpc) is 3.68. The predicted octanol–water partition coefficient (Wildman–Crippen LogP) is 5.18. The van der Waals surface area contributed by atoms with Gasteiger partial charge in [-0.2, -0.15) is 10.2 Å². The fourth-order valence-corrected chi connectivity index (χ4v) is 5.93. The zero-order chi connectivity index (χ0) is 35.5. The highest BCUT2D eigenvalue weighted by molar-refractivity contribution is 7.15. The molecular weight excluding hydrogens is 711 g/mol. The molecule has 49 heavy (non-hydrogen) atoms. The van der Waals surface area contributed by atoms with Gasteiger partial charge in [0.2, 0.25) is 0 Å². The lowest BCUT2D eigenvalue weighted by Crippen LogP contribution is -2.23. The number of rotatable bonds is 7. The highest BCUT2D eigenvalue weighted by atomic mass is 35.5. The summed E-state index contributed by atoms with van der Waals surface area (Å²) < 4.78 is 2.09.